The molecule has 0 N–H and O–H groups in total. The van der Waals surface area contributed by atoms with Crippen LogP contribution in [0.15, 0.2) is 176 Å². The fourth-order valence-electron chi connectivity index (χ4n) is 8.92. The minimum Gasteiger partial charge on any atom is -0.310 e. The number of fused-ring (bicyclic) bond motifs is 9. The van der Waals surface area contributed by atoms with Crippen molar-refractivity contribution in [1.29, 1.82) is 0 Å². The van der Waals surface area contributed by atoms with Gasteiger partial charge in [0.05, 0.1) is 5.69 Å². The third-order valence-corrected chi connectivity index (χ3v) is 12.7. The van der Waals surface area contributed by atoms with Crippen molar-refractivity contribution < 1.29 is 0 Å². The summed E-state index contributed by atoms with van der Waals surface area (Å²) in [4.78, 5) is 2.51. The van der Waals surface area contributed by atoms with Gasteiger partial charge < -0.3 is 4.90 Å². The number of rotatable bonds is 4. The summed E-state index contributed by atoms with van der Waals surface area (Å²) >= 11 is 1.87. The molecule has 11 rings (SSSR count). The lowest BCUT2D eigenvalue weighted by Crippen LogP contribution is -2.17. The maximum atomic E-state index is 2.51. The van der Waals surface area contributed by atoms with E-state index in [1.165, 1.54) is 85.9 Å². The first-order chi connectivity index (χ1) is 26.0. The van der Waals surface area contributed by atoms with Gasteiger partial charge in [0, 0.05) is 42.5 Å². The molecule has 0 radical (unpaired) electrons. The molecule has 0 bridgehead atoms. The van der Waals surface area contributed by atoms with Gasteiger partial charge in [-0.05, 0) is 121 Å². The number of thiophene rings is 1. The zero-order chi connectivity index (χ0) is 35.3. The number of hydrogen-bond donors (Lipinski definition) is 0. The van der Waals surface area contributed by atoms with Crippen LogP contribution in [0.1, 0.15) is 25.0 Å². The first-order valence-electron chi connectivity index (χ1n) is 18.4. The largest absolute Gasteiger partial charge is 0.310 e. The lowest BCUT2D eigenvalue weighted by atomic mass is 9.81. The van der Waals surface area contributed by atoms with Gasteiger partial charge in [-0.3, -0.25) is 0 Å². The Morgan fingerprint density at radius 1 is 0.415 bits per heavy atom. The third kappa shape index (κ3) is 4.62. The first-order valence-corrected chi connectivity index (χ1v) is 19.2. The second-order valence-corrected chi connectivity index (χ2v) is 16.0. The van der Waals surface area contributed by atoms with Gasteiger partial charge in [0.2, 0.25) is 0 Å². The van der Waals surface area contributed by atoms with Crippen molar-refractivity contribution >= 4 is 80.9 Å². The monoisotopic (exact) mass is 693 g/mol. The molecule has 1 aliphatic carbocycles. The van der Waals surface area contributed by atoms with Crippen molar-refractivity contribution in [2.75, 3.05) is 4.90 Å². The van der Waals surface area contributed by atoms with Crippen LogP contribution in [0.4, 0.5) is 17.1 Å². The van der Waals surface area contributed by atoms with E-state index in [0.717, 1.165) is 17.1 Å². The molecule has 0 atom stereocenters. The predicted octanol–water partition coefficient (Wildman–Crippen LogP) is 15.0. The number of benzene rings is 9. The highest BCUT2D eigenvalue weighted by Gasteiger charge is 2.36. The number of anilines is 3. The molecule has 0 saturated heterocycles. The molecular weight excluding hydrogens is 659 g/mol. The molecule has 250 valence electrons. The topological polar surface area (TPSA) is 3.24 Å². The number of nitrogens with zero attached hydrogens (tertiary/aromatic N) is 1. The summed E-state index contributed by atoms with van der Waals surface area (Å²) in [5.74, 6) is 0. The van der Waals surface area contributed by atoms with Crippen LogP contribution in [-0.4, -0.2) is 0 Å². The fourth-order valence-corrected chi connectivity index (χ4v) is 10.0. The van der Waals surface area contributed by atoms with Crippen LogP contribution in [0, 0.1) is 0 Å². The molecule has 0 amide bonds. The molecule has 0 saturated carbocycles. The summed E-state index contributed by atoms with van der Waals surface area (Å²) in [6.45, 7) is 4.78. The van der Waals surface area contributed by atoms with Crippen LogP contribution >= 0.6 is 11.3 Å². The summed E-state index contributed by atoms with van der Waals surface area (Å²) in [5.41, 5.74) is 11.2. The standard InChI is InChI=1S/C51H35NS/c1-51(2)45-29-36-15-6-5-14-35(36)28-43(45)41-24-22-39(31-46(41)51)52(38-23-26-49-44(30-38)42-17-9-10-18-48(42)53-49)47-25-21-33-12-7-8-16-40(33)50(47)37-20-19-32-11-3-4-13-34(32)27-37/h3-31H,1-2H3. The van der Waals surface area contributed by atoms with Gasteiger partial charge in [0.15, 0.2) is 0 Å². The third-order valence-electron chi connectivity index (χ3n) is 11.6. The highest BCUT2D eigenvalue weighted by molar-refractivity contribution is 7.25. The van der Waals surface area contributed by atoms with E-state index in [1.54, 1.807) is 0 Å². The summed E-state index contributed by atoms with van der Waals surface area (Å²) in [5, 5.41) is 10.1. The maximum Gasteiger partial charge on any atom is 0.0546 e. The van der Waals surface area contributed by atoms with Crippen LogP contribution in [0.2, 0.25) is 0 Å². The van der Waals surface area contributed by atoms with E-state index in [4.69, 9.17) is 0 Å². The molecular formula is C51H35NS. The van der Waals surface area contributed by atoms with Crippen LogP contribution in [0.3, 0.4) is 0 Å². The average Bonchev–Trinajstić information content (AvgIpc) is 3.68. The normalized spacial score (nSPS) is 13.2. The van der Waals surface area contributed by atoms with Crippen LogP contribution in [0.5, 0.6) is 0 Å². The predicted molar refractivity (Wildman–Crippen MR) is 230 cm³/mol. The van der Waals surface area contributed by atoms with Gasteiger partial charge in [0.25, 0.3) is 0 Å². The molecule has 53 heavy (non-hydrogen) atoms. The van der Waals surface area contributed by atoms with Crippen molar-refractivity contribution in [1.82, 2.24) is 0 Å². The molecule has 1 heterocycles. The van der Waals surface area contributed by atoms with Crippen LogP contribution in [-0.2, 0) is 5.41 Å². The summed E-state index contributed by atoms with van der Waals surface area (Å²) in [6.07, 6.45) is 0. The molecule has 10 aromatic rings. The van der Waals surface area contributed by atoms with Gasteiger partial charge in [-0.1, -0.05) is 129 Å². The van der Waals surface area contributed by atoms with E-state index in [0.29, 0.717) is 0 Å². The van der Waals surface area contributed by atoms with E-state index in [1.807, 2.05) is 11.3 Å². The molecule has 2 heteroatoms. The van der Waals surface area contributed by atoms with Gasteiger partial charge in [-0.2, -0.15) is 0 Å². The molecule has 1 nitrogen and oxygen atoms in total. The van der Waals surface area contributed by atoms with E-state index in [-0.39, 0.29) is 5.41 Å². The van der Waals surface area contributed by atoms with Crippen LogP contribution < -0.4 is 4.90 Å². The van der Waals surface area contributed by atoms with Crippen LogP contribution in [0.25, 0.3) is 74.7 Å². The van der Waals surface area contributed by atoms with E-state index < -0.39 is 0 Å². The molecule has 0 unspecified atom stereocenters. The number of hydrogen-bond acceptors (Lipinski definition) is 2. The SMILES string of the molecule is CC1(C)c2cc(N(c3ccc4sc5ccccc5c4c3)c3ccc4ccccc4c3-c3ccc4ccccc4c3)ccc2-c2cc3ccccc3cc21. The summed E-state index contributed by atoms with van der Waals surface area (Å²) in [7, 11) is 0. The maximum absolute atomic E-state index is 2.51. The minimum atomic E-state index is -0.158. The summed E-state index contributed by atoms with van der Waals surface area (Å²) < 4.78 is 2.62. The smallest absolute Gasteiger partial charge is 0.0546 e. The van der Waals surface area contributed by atoms with Gasteiger partial charge in [-0.25, -0.2) is 0 Å². The van der Waals surface area contributed by atoms with Crippen molar-refractivity contribution in [3.8, 4) is 22.3 Å². The lowest BCUT2D eigenvalue weighted by molar-refractivity contribution is 0.661. The first kappa shape index (κ1) is 30.4. The summed E-state index contributed by atoms with van der Waals surface area (Å²) in [6, 6.07) is 65.6. The van der Waals surface area contributed by atoms with Crippen molar-refractivity contribution in [2.45, 2.75) is 19.3 Å². The molecule has 0 spiro atoms. The highest BCUT2D eigenvalue weighted by atomic mass is 32.1. The van der Waals surface area contributed by atoms with E-state index in [9.17, 15) is 0 Å². The average molecular weight is 694 g/mol. The Labute approximate surface area is 313 Å². The second kappa shape index (κ2) is 11.4. The Bertz CT molecular complexity index is 3110. The molecule has 0 aliphatic heterocycles. The van der Waals surface area contributed by atoms with Gasteiger partial charge >= 0.3 is 0 Å². The molecule has 9 aromatic carbocycles. The Balaban J connectivity index is 1.19. The zero-order valence-electron chi connectivity index (χ0n) is 29.6. The molecule has 1 aliphatic rings. The van der Waals surface area contributed by atoms with Crippen molar-refractivity contribution in [2.24, 2.45) is 0 Å². The minimum absolute atomic E-state index is 0.158. The fraction of sp³-hybridized carbons (Fsp3) is 0.0588. The van der Waals surface area contributed by atoms with E-state index in [2.05, 4.69) is 195 Å². The van der Waals surface area contributed by atoms with Gasteiger partial charge in [-0.15, -0.1) is 11.3 Å². The Morgan fingerprint density at radius 2 is 1.02 bits per heavy atom. The lowest BCUT2D eigenvalue weighted by Gasteiger charge is -2.30. The highest BCUT2D eigenvalue weighted by Crippen LogP contribution is 2.53. The molecule has 0 fully saturated rings. The van der Waals surface area contributed by atoms with Crippen molar-refractivity contribution in [3.05, 3.63) is 187 Å². The Hall–Kier alpha value is -6.22. The quantitative estimate of drug-likeness (QED) is 0.177. The Morgan fingerprint density at radius 3 is 1.85 bits per heavy atom. The van der Waals surface area contributed by atoms with Gasteiger partial charge in [0.1, 0.15) is 0 Å². The van der Waals surface area contributed by atoms with E-state index >= 15 is 0 Å². The second-order valence-electron chi connectivity index (χ2n) is 15.0. The Kier molecular flexibility index (Phi) is 6.53. The molecule has 1 aromatic heterocycles. The van der Waals surface area contributed by atoms with Crippen molar-refractivity contribution in [3.63, 3.8) is 0 Å². The zero-order valence-corrected chi connectivity index (χ0v) is 30.4.